The second-order valence-electron chi connectivity index (χ2n) is 10.5. The third-order valence-corrected chi connectivity index (χ3v) is 7.74. The van der Waals surface area contributed by atoms with E-state index in [9.17, 15) is 10.1 Å². The minimum Gasteiger partial charge on any atom is -0.457 e. The minimum absolute atomic E-state index is 0.148. The topological polar surface area (TPSA) is 132 Å². The quantitative estimate of drug-likeness (QED) is 0.253. The van der Waals surface area contributed by atoms with Crippen LogP contribution in [0.2, 0.25) is 0 Å². The van der Waals surface area contributed by atoms with Gasteiger partial charge >= 0.3 is 0 Å². The molecule has 2 aromatic heterocycles. The summed E-state index contributed by atoms with van der Waals surface area (Å²) in [6.45, 7) is 2.12. The van der Waals surface area contributed by atoms with Gasteiger partial charge in [0.2, 0.25) is 0 Å². The molecular formula is C31H30FN7O3. The molecule has 42 heavy (non-hydrogen) atoms. The fraction of sp³-hybridized carbons (Fsp3) is 0.323. The van der Waals surface area contributed by atoms with E-state index in [4.69, 9.17) is 20.3 Å². The number of nitrogens with two attached hydrogens (primary N) is 1. The first-order valence-electron chi connectivity index (χ1n) is 14.0. The Kier molecular flexibility index (Phi) is 7.79. The average molecular weight is 568 g/mol. The molecule has 2 saturated heterocycles. The number of halogens is 1. The van der Waals surface area contributed by atoms with Crippen LogP contribution in [-0.4, -0.2) is 56.9 Å². The zero-order valence-corrected chi connectivity index (χ0v) is 22.9. The number of nitriles is 1. The molecule has 0 bridgehead atoms. The predicted molar refractivity (Wildman–Crippen MR) is 154 cm³/mol. The first-order chi connectivity index (χ1) is 20.5. The lowest BCUT2D eigenvalue weighted by Gasteiger charge is -2.33. The van der Waals surface area contributed by atoms with Gasteiger partial charge in [0.25, 0.3) is 5.91 Å². The summed E-state index contributed by atoms with van der Waals surface area (Å²) in [6.07, 6.45) is 6.16. The van der Waals surface area contributed by atoms with Gasteiger partial charge < -0.3 is 20.1 Å². The van der Waals surface area contributed by atoms with Crippen LogP contribution in [0.5, 0.6) is 11.5 Å². The van der Waals surface area contributed by atoms with Crippen molar-refractivity contribution in [3.05, 3.63) is 72.3 Å². The van der Waals surface area contributed by atoms with E-state index in [1.807, 2.05) is 18.2 Å². The van der Waals surface area contributed by atoms with Crippen molar-refractivity contribution in [1.29, 1.82) is 5.26 Å². The number of piperidine rings is 1. The van der Waals surface area contributed by atoms with Crippen LogP contribution < -0.4 is 10.5 Å². The number of hydrogen-bond donors (Lipinski definition) is 1. The fourth-order valence-corrected chi connectivity index (χ4v) is 5.60. The second kappa shape index (κ2) is 12.0. The van der Waals surface area contributed by atoms with Crippen molar-refractivity contribution in [2.75, 3.05) is 32.0 Å². The number of fused-ring (bicyclic) bond motifs is 1. The number of aromatic nitrogens is 4. The Morgan fingerprint density at radius 3 is 2.69 bits per heavy atom. The number of amides is 1. The van der Waals surface area contributed by atoms with E-state index in [0.717, 1.165) is 19.3 Å². The largest absolute Gasteiger partial charge is 0.457 e. The van der Waals surface area contributed by atoms with Crippen molar-refractivity contribution in [2.24, 2.45) is 5.92 Å². The number of ether oxygens (including phenoxy) is 2. The highest BCUT2D eigenvalue weighted by atomic mass is 19.1. The van der Waals surface area contributed by atoms with Crippen LogP contribution in [-0.2, 0) is 9.53 Å². The van der Waals surface area contributed by atoms with Gasteiger partial charge in [-0.25, -0.2) is 19.0 Å². The molecule has 0 spiro atoms. The molecule has 2 fully saturated rings. The van der Waals surface area contributed by atoms with E-state index in [-0.39, 0.29) is 34.8 Å². The van der Waals surface area contributed by atoms with Crippen LogP contribution in [0, 0.1) is 23.1 Å². The van der Waals surface area contributed by atoms with Gasteiger partial charge in [-0.15, -0.1) is 0 Å². The van der Waals surface area contributed by atoms with Crippen molar-refractivity contribution in [3.63, 3.8) is 0 Å². The highest BCUT2D eigenvalue weighted by Crippen LogP contribution is 2.36. The number of likely N-dealkylation sites (tertiary alicyclic amines) is 1. The van der Waals surface area contributed by atoms with Crippen molar-refractivity contribution in [3.8, 4) is 28.8 Å². The Labute approximate surface area is 242 Å². The molecule has 0 aliphatic carbocycles. The van der Waals surface area contributed by atoms with Crippen LogP contribution in [0.4, 0.5) is 10.2 Å². The van der Waals surface area contributed by atoms with Crippen LogP contribution in [0.1, 0.15) is 31.7 Å². The molecule has 2 aromatic carbocycles. The Morgan fingerprint density at radius 2 is 1.93 bits per heavy atom. The van der Waals surface area contributed by atoms with E-state index in [1.165, 1.54) is 12.4 Å². The van der Waals surface area contributed by atoms with Gasteiger partial charge in [0, 0.05) is 37.9 Å². The molecule has 2 aliphatic rings. The highest BCUT2D eigenvalue weighted by molar-refractivity contribution is 5.99. The maximum Gasteiger partial charge on any atom is 0.264 e. The van der Waals surface area contributed by atoms with E-state index in [0.29, 0.717) is 61.0 Å². The molecule has 2 N–H and O–H groups in total. The van der Waals surface area contributed by atoms with E-state index in [1.54, 1.807) is 39.9 Å². The Bertz CT molecular complexity index is 1680. The number of hydrogen-bond acceptors (Lipinski definition) is 8. The number of anilines is 1. The van der Waals surface area contributed by atoms with Crippen molar-refractivity contribution >= 4 is 22.8 Å². The normalized spacial score (nSPS) is 18.1. The maximum absolute atomic E-state index is 15.5. The van der Waals surface area contributed by atoms with E-state index >= 15 is 4.39 Å². The van der Waals surface area contributed by atoms with Gasteiger partial charge in [-0.05, 0) is 55.9 Å². The maximum atomic E-state index is 15.5. The van der Waals surface area contributed by atoms with Crippen molar-refractivity contribution in [2.45, 2.75) is 31.7 Å². The number of benzene rings is 2. The molecular weight excluding hydrogens is 537 g/mol. The smallest absolute Gasteiger partial charge is 0.264 e. The average Bonchev–Trinajstić information content (AvgIpc) is 3.41. The standard InChI is InChI=1S/C31H30FN7O3/c32-26-16-24(42-23-6-2-1-3-7-23)8-9-25(26)28-27-29(34)35-19-36-30(27)39(37-28)22-5-4-12-38(18-22)31(40)21(17-33)15-20-10-13-41-14-11-20/h1-3,6-9,15-16,19-20,22H,4-5,10-14,18H2,(H2,34,35,36)/t22-/m0/s1. The number of carbonyl (C=O) groups excluding carboxylic acids is 1. The number of nitrogen functional groups attached to an aromatic ring is 1. The molecule has 6 rings (SSSR count). The zero-order chi connectivity index (χ0) is 29.1. The summed E-state index contributed by atoms with van der Waals surface area (Å²) in [5.41, 5.74) is 7.43. The fourth-order valence-electron chi connectivity index (χ4n) is 5.60. The summed E-state index contributed by atoms with van der Waals surface area (Å²) in [5.74, 6) is 0.444. The van der Waals surface area contributed by atoms with Crippen molar-refractivity contribution in [1.82, 2.24) is 24.6 Å². The summed E-state index contributed by atoms with van der Waals surface area (Å²) in [5, 5.41) is 15.0. The molecule has 4 heterocycles. The van der Waals surface area contributed by atoms with Crippen LogP contribution in [0.15, 0.2) is 66.5 Å². The Hall–Kier alpha value is -4.82. The van der Waals surface area contributed by atoms with Crippen LogP contribution in [0.3, 0.4) is 0 Å². The first-order valence-corrected chi connectivity index (χ1v) is 14.0. The van der Waals surface area contributed by atoms with Crippen LogP contribution in [0.25, 0.3) is 22.3 Å². The van der Waals surface area contributed by atoms with Gasteiger partial charge in [0.1, 0.15) is 46.8 Å². The third kappa shape index (κ3) is 5.53. The lowest BCUT2D eigenvalue weighted by atomic mass is 9.96. The summed E-state index contributed by atoms with van der Waals surface area (Å²) >= 11 is 0. The van der Waals surface area contributed by atoms with Gasteiger partial charge in [-0.2, -0.15) is 10.4 Å². The van der Waals surface area contributed by atoms with Crippen LogP contribution >= 0.6 is 0 Å². The number of allylic oxidation sites excluding steroid dienone is 1. The first kappa shape index (κ1) is 27.4. The second-order valence-corrected chi connectivity index (χ2v) is 10.5. The molecule has 214 valence electrons. The number of carbonyl (C=O) groups is 1. The molecule has 4 aromatic rings. The van der Waals surface area contributed by atoms with E-state index < -0.39 is 5.82 Å². The summed E-state index contributed by atoms with van der Waals surface area (Å²) in [7, 11) is 0. The Morgan fingerprint density at radius 1 is 1.12 bits per heavy atom. The SMILES string of the molecule is N#CC(=CC1CCOCC1)C(=O)N1CCC[C@H](n2nc(-c3ccc(Oc4ccccc4)cc3F)c3c(N)ncnc32)C1. The third-order valence-electron chi connectivity index (χ3n) is 7.74. The van der Waals surface area contributed by atoms with Gasteiger partial charge in [-0.1, -0.05) is 24.3 Å². The zero-order valence-electron chi connectivity index (χ0n) is 22.9. The van der Waals surface area contributed by atoms with Crippen molar-refractivity contribution < 1.29 is 18.7 Å². The molecule has 11 heteroatoms. The highest BCUT2D eigenvalue weighted by Gasteiger charge is 2.31. The lowest BCUT2D eigenvalue weighted by molar-refractivity contribution is -0.128. The molecule has 2 aliphatic heterocycles. The van der Waals surface area contributed by atoms with Gasteiger partial charge in [0.15, 0.2) is 5.65 Å². The molecule has 0 radical (unpaired) electrons. The molecule has 0 saturated carbocycles. The number of nitrogens with zero attached hydrogens (tertiary/aromatic N) is 6. The summed E-state index contributed by atoms with van der Waals surface area (Å²) in [4.78, 5) is 23.7. The van der Waals surface area contributed by atoms with Gasteiger partial charge in [0.05, 0.1) is 11.4 Å². The molecule has 0 unspecified atom stereocenters. The Balaban J connectivity index is 1.29. The number of rotatable bonds is 6. The molecule has 1 atom stereocenters. The summed E-state index contributed by atoms with van der Waals surface area (Å²) < 4.78 is 28.4. The molecule has 10 nitrogen and oxygen atoms in total. The monoisotopic (exact) mass is 567 g/mol. The predicted octanol–water partition coefficient (Wildman–Crippen LogP) is 5.05. The van der Waals surface area contributed by atoms with E-state index in [2.05, 4.69) is 16.0 Å². The lowest BCUT2D eigenvalue weighted by Crippen LogP contribution is -2.41. The minimum atomic E-state index is -0.532. The molecule has 1 amide bonds. The van der Waals surface area contributed by atoms with Gasteiger partial charge in [-0.3, -0.25) is 4.79 Å². The summed E-state index contributed by atoms with van der Waals surface area (Å²) in [6, 6.07) is 15.6. The number of para-hydroxylation sites is 1.